The molecule has 170 valence electrons. The van der Waals surface area contributed by atoms with E-state index >= 15 is 0 Å². The number of amides is 4. The average molecular weight is 447 g/mol. The van der Waals surface area contributed by atoms with Crippen LogP contribution >= 0.6 is 0 Å². The Hall–Kier alpha value is -3.52. The number of nitrogens with zero attached hydrogens (tertiary/aromatic N) is 1. The smallest absolute Gasteiger partial charge is 0.255 e. The fourth-order valence-electron chi connectivity index (χ4n) is 5.02. The summed E-state index contributed by atoms with van der Waals surface area (Å²) in [5, 5.41) is 8.61. The number of nitrogens with one attached hydrogen (secondary N) is 3. The maximum atomic E-state index is 12.9. The molecular weight excluding hydrogens is 420 g/mol. The molecule has 4 amide bonds. The Labute approximate surface area is 191 Å². The van der Waals surface area contributed by atoms with Crippen LogP contribution in [0.2, 0.25) is 0 Å². The van der Waals surface area contributed by atoms with Gasteiger partial charge in [-0.1, -0.05) is 30.3 Å². The molecule has 0 radical (unpaired) electrons. The van der Waals surface area contributed by atoms with Gasteiger partial charge in [0.2, 0.25) is 17.7 Å². The fourth-order valence-corrected chi connectivity index (χ4v) is 5.02. The molecule has 0 bridgehead atoms. The van der Waals surface area contributed by atoms with E-state index in [9.17, 15) is 19.2 Å². The minimum atomic E-state index is -0.615. The Morgan fingerprint density at radius 2 is 1.85 bits per heavy atom. The Kier molecular flexibility index (Phi) is 5.68. The second kappa shape index (κ2) is 8.78. The summed E-state index contributed by atoms with van der Waals surface area (Å²) < 4.78 is 0. The molecule has 0 aliphatic carbocycles. The lowest BCUT2D eigenvalue weighted by molar-refractivity contribution is -0.137. The second-order valence-electron chi connectivity index (χ2n) is 8.90. The van der Waals surface area contributed by atoms with Gasteiger partial charge >= 0.3 is 0 Å². The van der Waals surface area contributed by atoms with Crippen LogP contribution in [0.3, 0.4) is 0 Å². The molecule has 0 aromatic heterocycles. The van der Waals surface area contributed by atoms with Gasteiger partial charge in [0, 0.05) is 24.2 Å². The molecule has 3 atom stereocenters. The number of hydrogen-bond acceptors (Lipinski definition) is 5. The van der Waals surface area contributed by atoms with Crippen molar-refractivity contribution in [3.8, 4) is 0 Å². The Morgan fingerprint density at radius 1 is 1.03 bits per heavy atom. The van der Waals surface area contributed by atoms with Crippen LogP contribution in [-0.2, 0) is 20.9 Å². The fraction of sp³-hybridized carbons (Fsp3) is 0.360. The third kappa shape index (κ3) is 4.26. The van der Waals surface area contributed by atoms with Gasteiger partial charge in [0.1, 0.15) is 6.04 Å². The number of benzene rings is 2. The van der Waals surface area contributed by atoms with E-state index < -0.39 is 11.9 Å². The maximum absolute atomic E-state index is 12.9. The van der Waals surface area contributed by atoms with Crippen molar-refractivity contribution in [2.24, 2.45) is 0 Å². The number of para-hydroxylation sites is 1. The summed E-state index contributed by atoms with van der Waals surface area (Å²) in [6, 6.07) is 14.3. The van der Waals surface area contributed by atoms with Crippen molar-refractivity contribution < 1.29 is 19.2 Å². The van der Waals surface area contributed by atoms with Crippen molar-refractivity contribution >= 4 is 29.3 Å². The molecule has 5 rings (SSSR count). The number of anilines is 1. The van der Waals surface area contributed by atoms with Crippen molar-refractivity contribution in [3.05, 3.63) is 65.2 Å². The van der Waals surface area contributed by atoms with Gasteiger partial charge in [-0.3, -0.25) is 24.5 Å². The molecule has 8 nitrogen and oxygen atoms in total. The van der Waals surface area contributed by atoms with Gasteiger partial charge in [-0.25, -0.2) is 0 Å². The third-order valence-electron chi connectivity index (χ3n) is 6.78. The van der Waals surface area contributed by atoms with Crippen LogP contribution in [0.25, 0.3) is 0 Å². The molecule has 3 aliphatic rings. The summed E-state index contributed by atoms with van der Waals surface area (Å²) in [5.74, 6) is -0.719. The van der Waals surface area contributed by atoms with Crippen LogP contribution in [0, 0.1) is 0 Å². The van der Waals surface area contributed by atoms with Crippen molar-refractivity contribution in [2.75, 3.05) is 11.9 Å². The number of imide groups is 1. The van der Waals surface area contributed by atoms with Gasteiger partial charge in [0.15, 0.2) is 0 Å². The molecule has 3 N–H and O–H groups in total. The number of rotatable bonds is 4. The normalized spacial score (nSPS) is 24.9. The van der Waals surface area contributed by atoms with E-state index in [1.54, 1.807) is 4.90 Å². The first-order valence-electron chi connectivity index (χ1n) is 11.4. The van der Waals surface area contributed by atoms with Crippen molar-refractivity contribution in [1.82, 2.24) is 15.5 Å². The quantitative estimate of drug-likeness (QED) is 0.622. The molecule has 0 saturated carbocycles. The van der Waals surface area contributed by atoms with Crippen molar-refractivity contribution in [1.29, 1.82) is 0 Å². The van der Waals surface area contributed by atoms with Gasteiger partial charge in [0.05, 0.1) is 6.04 Å². The highest BCUT2D eigenvalue weighted by Gasteiger charge is 2.39. The molecule has 2 fully saturated rings. The Balaban J connectivity index is 1.28. The molecule has 0 spiro atoms. The summed E-state index contributed by atoms with van der Waals surface area (Å²) in [6.07, 6.45) is 2.16. The number of carbonyl (C=O) groups excluding carboxylic acids is 4. The molecule has 2 aromatic rings. The lowest BCUT2D eigenvalue weighted by Gasteiger charge is -2.30. The number of piperidine rings is 2. The number of fused-ring (bicyclic) bond motifs is 1. The number of carbonyl (C=O) groups is 4. The predicted octanol–water partition coefficient (Wildman–Crippen LogP) is 1.92. The molecule has 8 heteroatoms. The van der Waals surface area contributed by atoms with Crippen molar-refractivity contribution in [2.45, 2.75) is 50.2 Å². The van der Waals surface area contributed by atoms with Gasteiger partial charge < -0.3 is 15.5 Å². The molecule has 3 heterocycles. The van der Waals surface area contributed by atoms with Gasteiger partial charge in [-0.05, 0) is 61.1 Å². The molecule has 2 aromatic carbocycles. The highest BCUT2D eigenvalue weighted by Crippen LogP contribution is 2.33. The first kappa shape index (κ1) is 21.3. The lowest BCUT2D eigenvalue weighted by atomic mass is 9.85. The van der Waals surface area contributed by atoms with Crippen LogP contribution in [0.5, 0.6) is 0 Å². The van der Waals surface area contributed by atoms with Crippen LogP contribution in [-0.4, -0.2) is 47.2 Å². The van der Waals surface area contributed by atoms with E-state index in [1.165, 1.54) is 0 Å². The van der Waals surface area contributed by atoms with E-state index in [4.69, 9.17) is 0 Å². The van der Waals surface area contributed by atoms with E-state index in [-0.39, 0.29) is 36.1 Å². The van der Waals surface area contributed by atoms with Gasteiger partial charge in [-0.2, -0.15) is 0 Å². The first-order chi connectivity index (χ1) is 16.0. The minimum absolute atomic E-state index is 0.0497. The SMILES string of the molecule is O=C1CCC(N2Cc3cc([C@@H]4CCN[C@H](C(=O)Nc5ccccc5)C4)ccc3C2=O)C(=O)N1. The van der Waals surface area contributed by atoms with Crippen LogP contribution < -0.4 is 16.0 Å². The van der Waals surface area contributed by atoms with E-state index in [1.807, 2.05) is 48.5 Å². The van der Waals surface area contributed by atoms with E-state index in [0.717, 1.165) is 29.8 Å². The molecular formula is C25H26N4O4. The summed E-state index contributed by atoms with van der Waals surface area (Å²) in [7, 11) is 0. The first-order valence-corrected chi connectivity index (χ1v) is 11.4. The van der Waals surface area contributed by atoms with Gasteiger partial charge in [-0.15, -0.1) is 0 Å². The highest BCUT2D eigenvalue weighted by atomic mass is 16.2. The largest absolute Gasteiger partial charge is 0.325 e. The summed E-state index contributed by atoms with van der Waals surface area (Å²) in [4.78, 5) is 51.0. The molecule has 33 heavy (non-hydrogen) atoms. The predicted molar refractivity (Wildman–Crippen MR) is 121 cm³/mol. The molecule has 2 saturated heterocycles. The van der Waals surface area contributed by atoms with Crippen molar-refractivity contribution in [3.63, 3.8) is 0 Å². The number of hydrogen-bond donors (Lipinski definition) is 3. The zero-order valence-corrected chi connectivity index (χ0v) is 18.2. The summed E-state index contributed by atoms with van der Waals surface area (Å²) in [5.41, 5.74) is 3.38. The average Bonchev–Trinajstić information content (AvgIpc) is 3.15. The maximum Gasteiger partial charge on any atom is 0.255 e. The van der Waals surface area contributed by atoms with E-state index in [0.29, 0.717) is 24.9 Å². The Morgan fingerprint density at radius 3 is 2.64 bits per heavy atom. The summed E-state index contributed by atoms with van der Waals surface area (Å²) in [6.45, 7) is 1.09. The van der Waals surface area contributed by atoms with Crippen LogP contribution in [0.4, 0.5) is 5.69 Å². The van der Waals surface area contributed by atoms with Crippen LogP contribution in [0.1, 0.15) is 53.1 Å². The zero-order valence-electron chi connectivity index (χ0n) is 18.2. The monoisotopic (exact) mass is 446 g/mol. The highest BCUT2D eigenvalue weighted by molar-refractivity contribution is 6.05. The second-order valence-corrected chi connectivity index (χ2v) is 8.90. The third-order valence-corrected chi connectivity index (χ3v) is 6.78. The molecule has 1 unspecified atom stereocenters. The standard InChI is InChI=1S/C25H26N4O4/c30-22-9-8-21(24(32)28-22)29-14-17-12-15(6-7-19(17)25(29)33)16-10-11-26-20(13-16)23(31)27-18-4-2-1-3-5-18/h1-7,12,16,20-21,26H,8-11,13-14H2,(H,27,31)(H,28,30,32)/t16-,20+,21?/m1/s1. The van der Waals surface area contributed by atoms with Crippen LogP contribution in [0.15, 0.2) is 48.5 Å². The van der Waals surface area contributed by atoms with E-state index in [2.05, 4.69) is 16.0 Å². The Bertz CT molecular complexity index is 1120. The topological polar surface area (TPSA) is 108 Å². The zero-order chi connectivity index (χ0) is 22.9. The minimum Gasteiger partial charge on any atom is -0.325 e. The van der Waals surface area contributed by atoms with Gasteiger partial charge in [0.25, 0.3) is 5.91 Å². The molecule has 3 aliphatic heterocycles. The summed E-state index contributed by atoms with van der Waals surface area (Å²) >= 11 is 0. The lowest BCUT2D eigenvalue weighted by Crippen LogP contribution is -2.52.